The summed E-state index contributed by atoms with van der Waals surface area (Å²) in [5, 5.41) is 0. The van der Waals surface area contributed by atoms with Gasteiger partial charge in [-0.15, -0.1) is 0 Å². The third kappa shape index (κ3) is 4.06. The Morgan fingerprint density at radius 3 is 2.32 bits per heavy atom. The van der Waals surface area contributed by atoms with Crippen molar-refractivity contribution in [2.75, 3.05) is 26.7 Å². The van der Waals surface area contributed by atoms with Crippen LogP contribution in [0.4, 0.5) is 0 Å². The summed E-state index contributed by atoms with van der Waals surface area (Å²) in [5.74, 6) is 0. The van der Waals surface area contributed by atoms with Gasteiger partial charge >= 0.3 is 0 Å². The lowest BCUT2D eigenvalue weighted by molar-refractivity contribution is 0.346. The van der Waals surface area contributed by atoms with Gasteiger partial charge < -0.3 is 5.73 Å². The lowest BCUT2D eigenvalue weighted by Crippen LogP contribution is -2.40. The van der Waals surface area contributed by atoms with Gasteiger partial charge in [0.15, 0.2) is 0 Å². The Kier molecular flexibility index (Phi) is 6.26. The number of hydrogen-bond donors (Lipinski definition) is 1. The van der Waals surface area contributed by atoms with Gasteiger partial charge in [0, 0.05) is 32.7 Å². The number of benzene rings is 1. The molecule has 1 aliphatic heterocycles. The lowest BCUT2D eigenvalue weighted by atomic mass is 10.2. The predicted octanol–water partition coefficient (Wildman–Crippen LogP) is 1.14. The van der Waals surface area contributed by atoms with E-state index in [1.54, 1.807) is 19.9 Å². The first-order valence-electron chi connectivity index (χ1n) is 8.41. The van der Waals surface area contributed by atoms with Gasteiger partial charge in [-0.2, -0.15) is 8.61 Å². The number of likely N-dealkylation sites (N-methyl/N-ethyl adjacent to an activating group) is 1. The number of hydrogen-bond acceptors (Lipinski definition) is 5. The molecule has 1 unspecified atom stereocenters. The maximum atomic E-state index is 12.9. The number of sulfonamides is 2. The molecule has 1 heterocycles. The van der Waals surface area contributed by atoms with Crippen LogP contribution in [0.5, 0.6) is 0 Å². The molecule has 1 saturated heterocycles. The summed E-state index contributed by atoms with van der Waals surface area (Å²) in [6, 6.07) is 3.91. The normalized spacial score (nSPS) is 18.4. The molecule has 0 aromatic heterocycles. The van der Waals surface area contributed by atoms with E-state index in [9.17, 15) is 16.8 Å². The summed E-state index contributed by atoms with van der Waals surface area (Å²) in [7, 11) is -6.06. The van der Waals surface area contributed by atoms with E-state index in [-0.39, 0.29) is 22.4 Å². The van der Waals surface area contributed by atoms with Gasteiger partial charge in [0.05, 0.1) is 9.79 Å². The Morgan fingerprint density at radius 1 is 1.16 bits per heavy atom. The van der Waals surface area contributed by atoms with Gasteiger partial charge in [-0.05, 0) is 44.4 Å². The molecular formula is C16H27N3O4S2. The smallest absolute Gasteiger partial charge is 0.243 e. The quantitative estimate of drug-likeness (QED) is 0.786. The minimum Gasteiger partial charge on any atom is -0.329 e. The molecule has 0 saturated carbocycles. The van der Waals surface area contributed by atoms with Crippen LogP contribution < -0.4 is 5.73 Å². The lowest BCUT2D eigenvalue weighted by Gasteiger charge is -2.27. The zero-order chi connectivity index (χ0) is 18.8. The molecule has 7 nitrogen and oxygen atoms in total. The fourth-order valence-corrected chi connectivity index (χ4v) is 6.05. The highest BCUT2D eigenvalue weighted by molar-refractivity contribution is 7.90. The first kappa shape index (κ1) is 20.3. The molecule has 1 aromatic carbocycles. The van der Waals surface area contributed by atoms with E-state index in [1.165, 1.54) is 27.8 Å². The van der Waals surface area contributed by atoms with Crippen molar-refractivity contribution >= 4 is 20.0 Å². The van der Waals surface area contributed by atoms with E-state index in [2.05, 4.69) is 0 Å². The average Bonchev–Trinajstić information content (AvgIpc) is 2.61. The first-order chi connectivity index (χ1) is 11.6. The topological polar surface area (TPSA) is 101 Å². The summed E-state index contributed by atoms with van der Waals surface area (Å²) < 4.78 is 54.0. The number of rotatable bonds is 6. The van der Waals surface area contributed by atoms with Gasteiger partial charge in [0.2, 0.25) is 20.0 Å². The monoisotopic (exact) mass is 389 g/mol. The summed E-state index contributed by atoms with van der Waals surface area (Å²) in [5.41, 5.74) is 6.08. The molecule has 1 atom stereocenters. The first-order valence-corrected chi connectivity index (χ1v) is 11.3. The molecule has 0 spiro atoms. The van der Waals surface area contributed by atoms with E-state index in [4.69, 9.17) is 5.73 Å². The SMILES string of the molecule is Cc1ccc(S(=O)(=O)N2CCCCC2)cc1S(=O)(=O)N(C)C(C)CN. The van der Waals surface area contributed by atoms with Gasteiger partial charge in [-0.1, -0.05) is 12.5 Å². The Morgan fingerprint density at radius 2 is 1.76 bits per heavy atom. The molecule has 2 rings (SSSR count). The third-order valence-corrected chi connectivity index (χ3v) is 8.74. The third-order valence-electron chi connectivity index (χ3n) is 4.73. The highest BCUT2D eigenvalue weighted by Crippen LogP contribution is 2.27. The van der Waals surface area contributed by atoms with Crippen LogP contribution in [0.3, 0.4) is 0 Å². The molecule has 0 aliphatic carbocycles. The van der Waals surface area contributed by atoms with Crippen LogP contribution in [0.1, 0.15) is 31.7 Å². The van der Waals surface area contributed by atoms with E-state index >= 15 is 0 Å². The number of nitrogens with zero attached hydrogens (tertiary/aromatic N) is 2. The van der Waals surface area contributed by atoms with Crippen molar-refractivity contribution in [1.82, 2.24) is 8.61 Å². The Labute approximate surface area is 150 Å². The maximum Gasteiger partial charge on any atom is 0.243 e. The second-order valence-electron chi connectivity index (χ2n) is 6.50. The molecule has 0 bridgehead atoms. The minimum absolute atomic E-state index is 0.00776. The van der Waals surface area contributed by atoms with Gasteiger partial charge in [-0.25, -0.2) is 16.8 Å². The highest BCUT2D eigenvalue weighted by Gasteiger charge is 2.30. The molecule has 9 heteroatoms. The Balaban J connectivity index is 2.47. The predicted molar refractivity (Wildman–Crippen MR) is 97.3 cm³/mol. The molecule has 25 heavy (non-hydrogen) atoms. The maximum absolute atomic E-state index is 12.9. The van der Waals surface area contributed by atoms with E-state index in [0.717, 1.165) is 19.3 Å². The van der Waals surface area contributed by atoms with Crippen molar-refractivity contribution in [2.45, 2.75) is 48.9 Å². The Bertz CT molecular complexity index is 816. The number of aryl methyl sites for hydroxylation is 1. The fraction of sp³-hybridized carbons (Fsp3) is 0.625. The van der Waals surface area contributed by atoms with Crippen LogP contribution in [-0.2, 0) is 20.0 Å². The summed E-state index contributed by atoms with van der Waals surface area (Å²) in [6.07, 6.45) is 2.67. The van der Waals surface area contributed by atoms with Crippen LogP contribution in [0.2, 0.25) is 0 Å². The molecule has 0 radical (unpaired) electrons. The zero-order valence-corrected chi connectivity index (χ0v) is 16.6. The van der Waals surface area contributed by atoms with Crippen molar-refractivity contribution in [3.8, 4) is 0 Å². The van der Waals surface area contributed by atoms with Gasteiger partial charge in [-0.3, -0.25) is 0 Å². The van der Waals surface area contributed by atoms with Gasteiger partial charge in [0.25, 0.3) is 0 Å². The van der Waals surface area contributed by atoms with Crippen LogP contribution in [-0.4, -0.2) is 58.2 Å². The summed E-state index contributed by atoms with van der Waals surface area (Å²) in [4.78, 5) is 0.0285. The van der Waals surface area contributed by atoms with E-state index < -0.39 is 20.0 Å². The van der Waals surface area contributed by atoms with E-state index in [1.807, 2.05) is 0 Å². The van der Waals surface area contributed by atoms with Crippen LogP contribution >= 0.6 is 0 Å². The highest BCUT2D eigenvalue weighted by atomic mass is 32.2. The Hall–Kier alpha value is -1.00. The molecule has 1 aromatic rings. The van der Waals surface area contributed by atoms with Gasteiger partial charge in [0.1, 0.15) is 0 Å². The molecule has 1 fully saturated rings. The average molecular weight is 390 g/mol. The van der Waals surface area contributed by atoms with Crippen LogP contribution in [0.25, 0.3) is 0 Å². The second kappa shape index (κ2) is 7.71. The molecular weight excluding hydrogens is 362 g/mol. The molecule has 142 valence electrons. The van der Waals surface area contributed by atoms with Crippen molar-refractivity contribution in [3.05, 3.63) is 23.8 Å². The summed E-state index contributed by atoms with van der Waals surface area (Å²) >= 11 is 0. The van der Waals surface area contributed by atoms with Crippen molar-refractivity contribution < 1.29 is 16.8 Å². The number of piperidine rings is 1. The van der Waals surface area contributed by atoms with Crippen molar-refractivity contribution in [3.63, 3.8) is 0 Å². The van der Waals surface area contributed by atoms with Crippen molar-refractivity contribution in [2.24, 2.45) is 5.73 Å². The molecule has 0 amide bonds. The fourth-order valence-electron chi connectivity index (χ4n) is 2.81. The molecule has 2 N–H and O–H groups in total. The largest absolute Gasteiger partial charge is 0.329 e. The second-order valence-corrected chi connectivity index (χ2v) is 10.4. The van der Waals surface area contributed by atoms with E-state index in [0.29, 0.717) is 18.7 Å². The minimum atomic E-state index is -3.82. The number of nitrogens with two attached hydrogens (primary N) is 1. The zero-order valence-electron chi connectivity index (χ0n) is 15.0. The standard InChI is InChI=1S/C16H27N3O4S2/c1-13-7-8-15(24(20,21)19-9-5-4-6-10-19)11-16(13)25(22,23)18(3)14(2)12-17/h7-8,11,14H,4-6,9-10,12,17H2,1-3H3. The summed E-state index contributed by atoms with van der Waals surface area (Å²) in [6.45, 7) is 4.50. The van der Waals surface area contributed by atoms with Crippen LogP contribution in [0, 0.1) is 6.92 Å². The molecule has 1 aliphatic rings. The van der Waals surface area contributed by atoms with Crippen LogP contribution in [0.15, 0.2) is 28.0 Å². The van der Waals surface area contributed by atoms with Crippen molar-refractivity contribution in [1.29, 1.82) is 0 Å².